The maximum atomic E-state index is 13.8. The summed E-state index contributed by atoms with van der Waals surface area (Å²) in [6.07, 6.45) is 2.12. The van der Waals surface area contributed by atoms with Crippen LogP contribution in [0.5, 0.6) is 0 Å². The minimum atomic E-state index is -0.701. The van der Waals surface area contributed by atoms with Crippen molar-refractivity contribution < 1.29 is 18.1 Å². The third-order valence-corrected chi connectivity index (χ3v) is 5.02. The van der Waals surface area contributed by atoms with Gasteiger partial charge in [-0.3, -0.25) is 4.79 Å². The molecule has 0 radical (unpaired) electrons. The fourth-order valence-corrected chi connectivity index (χ4v) is 3.46. The first-order valence-corrected chi connectivity index (χ1v) is 9.22. The molecule has 5 nitrogen and oxygen atoms in total. The number of aromatic nitrogens is 2. The van der Waals surface area contributed by atoms with Crippen molar-refractivity contribution in [2.45, 2.75) is 19.3 Å². The summed E-state index contributed by atoms with van der Waals surface area (Å²) < 4.78 is 32.5. The average Bonchev–Trinajstić information content (AvgIpc) is 3.19. The molecule has 0 atom stereocenters. The molecule has 0 unspecified atom stereocenters. The Balaban J connectivity index is 1.35. The lowest BCUT2D eigenvalue weighted by Crippen LogP contribution is -2.39. The van der Waals surface area contributed by atoms with E-state index < -0.39 is 17.5 Å². The number of halogens is 2. The van der Waals surface area contributed by atoms with Crippen LogP contribution in [0.25, 0.3) is 11.4 Å². The number of carbonyl (C=O) groups excluding carboxylic acids is 1. The topological polar surface area (TPSA) is 59.2 Å². The summed E-state index contributed by atoms with van der Waals surface area (Å²) in [7, 11) is 0. The Morgan fingerprint density at radius 3 is 2.61 bits per heavy atom. The monoisotopic (exact) mass is 383 g/mol. The minimum Gasteiger partial charge on any atom is -0.339 e. The molecular formula is C21H19F2N3O2. The highest BCUT2D eigenvalue weighted by atomic mass is 19.1. The fraction of sp³-hybridized carbons (Fsp3) is 0.286. The van der Waals surface area contributed by atoms with Gasteiger partial charge in [-0.15, -0.1) is 0 Å². The molecule has 2 aromatic carbocycles. The van der Waals surface area contributed by atoms with Crippen LogP contribution in [0.1, 0.15) is 29.1 Å². The van der Waals surface area contributed by atoms with Gasteiger partial charge in [-0.05, 0) is 37.0 Å². The smallest absolute Gasteiger partial charge is 0.256 e. The first-order valence-electron chi connectivity index (χ1n) is 9.22. The predicted molar refractivity (Wildman–Crippen MR) is 98.4 cm³/mol. The number of hydrogen-bond acceptors (Lipinski definition) is 4. The Bertz CT molecular complexity index is 967. The summed E-state index contributed by atoms with van der Waals surface area (Å²) in [5.74, 6) is -0.368. The van der Waals surface area contributed by atoms with Crippen LogP contribution >= 0.6 is 0 Å². The fourth-order valence-electron chi connectivity index (χ4n) is 3.46. The van der Waals surface area contributed by atoms with E-state index in [1.165, 1.54) is 0 Å². The molecule has 1 saturated heterocycles. The third-order valence-electron chi connectivity index (χ3n) is 5.02. The average molecular weight is 383 g/mol. The molecule has 1 amide bonds. The Morgan fingerprint density at radius 1 is 1.11 bits per heavy atom. The van der Waals surface area contributed by atoms with Crippen molar-refractivity contribution in [1.29, 1.82) is 0 Å². The zero-order valence-electron chi connectivity index (χ0n) is 15.1. The summed E-state index contributed by atoms with van der Waals surface area (Å²) in [6.45, 7) is 0.971. The molecule has 2 heterocycles. The highest BCUT2D eigenvalue weighted by molar-refractivity contribution is 5.94. The van der Waals surface area contributed by atoms with Gasteiger partial charge in [0.1, 0.15) is 11.6 Å². The molecule has 1 aliphatic rings. The summed E-state index contributed by atoms with van der Waals surface area (Å²) >= 11 is 0. The summed E-state index contributed by atoms with van der Waals surface area (Å²) in [5.41, 5.74) is 0.679. The van der Waals surface area contributed by atoms with Crippen LogP contribution in [0.15, 0.2) is 53.1 Å². The molecule has 0 aliphatic carbocycles. The van der Waals surface area contributed by atoms with Gasteiger partial charge in [0.15, 0.2) is 0 Å². The lowest BCUT2D eigenvalue weighted by molar-refractivity contribution is 0.0682. The molecule has 7 heteroatoms. The van der Waals surface area contributed by atoms with Gasteiger partial charge in [0.25, 0.3) is 5.91 Å². The standard InChI is InChI=1S/C21H19F2N3O2/c22-16-6-7-18(23)17(13-16)21(27)26-10-8-14(9-11-26)12-19-24-20(25-28-19)15-4-2-1-3-5-15/h1-7,13-14H,8-12H2. The second-order valence-electron chi connectivity index (χ2n) is 6.94. The molecule has 28 heavy (non-hydrogen) atoms. The molecule has 1 fully saturated rings. The van der Waals surface area contributed by atoms with E-state index in [1.807, 2.05) is 30.3 Å². The maximum Gasteiger partial charge on any atom is 0.256 e. The Kier molecular flexibility index (Phi) is 5.14. The van der Waals surface area contributed by atoms with Gasteiger partial charge in [-0.25, -0.2) is 8.78 Å². The number of carbonyl (C=O) groups is 1. The Hall–Kier alpha value is -3.09. The van der Waals surface area contributed by atoms with E-state index >= 15 is 0 Å². The third kappa shape index (κ3) is 3.93. The van der Waals surface area contributed by atoms with Gasteiger partial charge >= 0.3 is 0 Å². The summed E-state index contributed by atoms with van der Waals surface area (Å²) in [5, 5.41) is 4.02. The van der Waals surface area contributed by atoms with Crippen molar-refractivity contribution in [2.75, 3.05) is 13.1 Å². The molecule has 3 aromatic rings. The first kappa shape index (κ1) is 18.3. The molecule has 0 spiro atoms. The van der Waals surface area contributed by atoms with E-state index in [0.717, 1.165) is 36.6 Å². The molecule has 0 N–H and O–H groups in total. The van der Waals surface area contributed by atoms with E-state index in [2.05, 4.69) is 10.1 Å². The van der Waals surface area contributed by atoms with Crippen LogP contribution in [0.4, 0.5) is 8.78 Å². The van der Waals surface area contributed by atoms with Crippen LogP contribution in [0.2, 0.25) is 0 Å². The zero-order chi connectivity index (χ0) is 19.5. The number of benzene rings is 2. The Morgan fingerprint density at radius 2 is 1.86 bits per heavy atom. The number of hydrogen-bond donors (Lipinski definition) is 0. The van der Waals surface area contributed by atoms with E-state index in [4.69, 9.17) is 4.52 Å². The first-order chi connectivity index (χ1) is 13.6. The van der Waals surface area contributed by atoms with E-state index in [0.29, 0.717) is 37.1 Å². The highest BCUT2D eigenvalue weighted by Gasteiger charge is 2.27. The lowest BCUT2D eigenvalue weighted by Gasteiger charge is -2.31. The Labute approximate surface area is 161 Å². The van der Waals surface area contributed by atoms with Gasteiger partial charge in [0, 0.05) is 25.1 Å². The van der Waals surface area contributed by atoms with Crippen molar-refractivity contribution >= 4 is 5.91 Å². The number of rotatable bonds is 4. The van der Waals surface area contributed by atoms with Crippen molar-refractivity contribution in [3.05, 3.63) is 71.6 Å². The van der Waals surface area contributed by atoms with Gasteiger partial charge < -0.3 is 9.42 Å². The van der Waals surface area contributed by atoms with E-state index in [1.54, 1.807) is 4.90 Å². The lowest BCUT2D eigenvalue weighted by atomic mass is 9.93. The molecule has 0 bridgehead atoms. The molecule has 4 rings (SSSR count). The largest absolute Gasteiger partial charge is 0.339 e. The van der Waals surface area contributed by atoms with Crippen LogP contribution in [0.3, 0.4) is 0 Å². The van der Waals surface area contributed by atoms with Crippen LogP contribution < -0.4 is 0 Å². The van der Waals surface area contributed by atoms with E-state index in [-0.39, 0.29) is 5.56 Å². The maximum absolute atomic E-state index is 13.8. The minimum absolute atomic E-state index is 0.220. The second-order valence-corrected chi connectivity index (χ2v) is 6.94. The van der Waals surface area contributed by atoms with Crippen molar-refractivity contribution in [2.24, 2.45) is 5.92 Å². The van der Waals surface area contributed by atoms with Gasteiger partial charge in [-0.2, -0.15) is 4.98 Å². The zero-order valence-corrected chi connectivity index (χ0v) is 15.1. The number of likely N-dealkylation sites (tertiary alicyclic amines) is 1. The molecular weight excluding hydrogens is 364 g/mol. The van der Waals surface area contributed by atoms with Gasteiger partial charge in [-0.1, -0.05) is 35.5 Å². The molecule has 1 aliphatic heterocycles. The summed E-state index contributed by atoms with van der Waals surface area (Å²) in [6, 6.07) is 12.5. The number of piperidine rings is 1. The normalized spacial score (nSPS) is 15.0. The van der Waals surface area contributed by atoms with Crippen molar-refractivity contribution in [3.8, 4) is 11.4 Å². The second kappa shape index (κ2) is 7.88. The van der Waals surface area contributed by atoms with Crippen LogP contribution in [-0.2, 0) is 6.42 Å². The van der Waals surface area contributed by atoms with Crippen molar-refractivity contribution in [1.82, 2.24) is 15.0 Å². The molecule has 1 aromatic heterocycles. The molecule has 0 saturated carbocycles. The quantitative estimate of drug-likeness (QED) is 0.680. The van der Waals surface area contributed by atoms with E-state index in [9.17, 15) is 13.6 Å². The van der Waals surface area contributed by atoms with Crippen LogP contribution in [0, 0.1) is 17.6 Å². The summed E-state index contributed by atoms with van der Waals surface area (Å²) in [4.78, 5) is 18.5. The SMILES string of the molecule is O=C(c1cc(F)ccc1F)N1CCC(Cc2nc(-c3ccccc3)no2)CC1. The van der Waals surface area contributed by atoms with Crippen molar-refractivity contribution in [3.63, 3.8) is 0 Å². The van der Waals surface area contributed by atoms with Gasteiger partial charge in [0.2, 0.25) is 11.7 Å². The highest BCUT2D eigenvalue weighted by Crippen LogP contribution is 2.24. The molecule has 144 valence electrons. The number of nitrogens with zero attached hydrogens (tertiary/aromatic N) is 3. The van der Waals surface area contributed by atoms with Gasteiger partial charge in [0.05, 0.1) is 5.56 Å². The number of amides is 1. The predicted octanol–water partition coefficient (Wildman–Crippen LogP) is 4.11. The van der Waals surface area contributed by atoms with Crippen LogP contribution in [-0.4, -0.2) is 34.0 Å².